The molecule has 3 atom stereocenters. The Hall–Kier alpha value is -3.09. The van der Waals surface area contributed by atoms with Crippen LogP contribution in [0.1, 0.15) is 61.6 Å². The van der Waals surface area contributed by atoms with Gasteiger partial charge in [0.1, 0.15) is 6.54 Å². The quantitative estimate of drug-likeness (QED) is 0.747. The first-order chi connectivity index (χ1) is 15.0. The lowest BCUT2D eigenvalue weighted by atomic mass is 9.85. The van der Waals surface area contributed by atoms with Crippen LogP contribution in [0.15, 0.2) is 42.6 Å². The summed E-state index contributed by atoms with van der Waals surface area (Å²) in [6.45, 7) is 4.33. The zero-order valence-electron chi connectivity index (χ0n) is 18.0. The van der Waals surface area contributed by atoms with Crippen molar-refractivity contribution in [2.24, 2.45) is 5.92 Å². The number of nitrogens with zero attached hydrogens (tertiary/aromatic N) is 2. The second-order valence-electron chi connectivity index (χ2n) is 8.37. The Morgan fingerprint density at radius 2 is 1.97 bits per heavy atom. The molecule has 31 heavy (non-hydrogen) atoms. The van der Waals surface area contributed by atoms with Crippen LogP contribution in [0.4, 0.5) is 5.69 Å². The maximum Gasteiger partial charge on any atom is 0.338 e. The summed E-state index contributed by atoms with van der Waals surface area (Å²) >= 11 is 0. The number of aromatic nitrogens is 1. The summed E-state index contributed by atoms with van der Waals surface area (Å²) in [7, 11) is 0. The van der Waals surface area contributed by atoms with Crippen LogP contribution in [0.2, 0.25) is 0 Å². The van der Waals surface area contributed by atoms with Crippen molar-refractivity contribution in [3.63, 3.8) is 0 Å². The van der Waals surface area contributed by atoms with Crippen molar-refractivity contribution >= 4 is 23.5 Å². The summed E-state index contributed by atoms with van der Waals surface area (Å²) in [6.07, 6.45) is 6.15. The van der Waals surface area contributed by atoms with Crippen molar-refractivity contribution in [2.45, 2.75) is 58.2 Å². The molecule has 1 aliphatic carbocycles. The van der Waals surface area contributed by atoms with Crippen molar-refractivity contribution in [1.82, 2.24) is 9.88 Å². The van der Waals surface area contributed by atoms with Crippen LogP contribution in [0.25, 0.3) is 0 Å². The predicted octanol–water partition coefficient (Wildman–Crippen LogP) is 3.45. The smallest absolute Gasteiger partial charge is 0.338 e. The van der Waals surface area contributed by atoms with E-state index in [1.807, 2.05) is 22.9 Å². The van der Waals surface area contributed by atoms with E-state index in [4.69, 9.17) is 4.74 Å². The molecule has 0 radical (unpaired) electrons. The Kier molecular flexibility index (Phi) is 6.11. The van der Waals surface area contributed by atoms with E-state index in [2.05, 4.69) is 12.2 Å². The number of carbonyl (C=O) groups excluding carboxylic acids is 3. The van der Waals surface area contributed by atoms with Gasteiger partial charge in [-0.25, -0.2) is 4.79 Å². The van der Waals surface area contributed by atoms with Crippen LogP contribution in [0, 0.1) is 5.92 Å². The summed E-state index contributed by atoms with van der Waals surface area (Å²) in [4.78, 5) is 40.4. The summed E-state index contributed by atoms with van der Waals surface area (Å²) in [5.74, 6) is -0.423. The van der Waals surface area contributed by atoms with E-state index in [0.717, 1.165) is 25.0 Å². The largest absolute Gasteiger partial charge is 0.462 e. The lowest BCUT2D eigenvalue weighted by Gasteiger charge is -2.38. The molecule has 1 fully saturated rings. The monoisotopic (exact) mass is 423 g/mol. The van der Waals surface area contributed by atoms with Crippen molar-refractivity contribution in [1.29, 1.82) is 0 Å². The Balaban J connectivity index is 1.68. The zero-order valence-corrected chi connectivity index (χ0v) is 18.0. The molecule has 1 saturated carbocycles. The molecule has 0 unspecified atom stereocenters. The molecule has 0 saturated heterocycles. The van der Waals surface area contributed by atoms with E-state index in [0.29, 0.717) is 17.2 Å². The molecule has 1 aromatic carbocycles. The topological polar surface area (TPSA) is 80.6 Å². The molecule has 1 aliphatic heterocycles. The minimum absolute atomic E-state index is 0.106. The van der Waals surface area contributed by atoms with Gasteiger partial charge in [0.2, 0.25) is 11.8 Å². The molecule has 164 valence electrons. The van der Waals surface area contributed by atoms with Crippen molar-refractivity contribution in [3.8, 4) is 0 Å². The summed E-state index contributed by atoms with van der Waals surface area (Å²) < 4.78 is 6.92. The van der Waals surface area contributed by atoms with Gasteiger partial charge < -0.3 is 14.6 Å². The number of hydrogen-bond donors (Lipinski definition) is 1. The molecule has 2 amide bonds. The van der Waals surface area contributed by atoms with Crippen LogP contribution >= 0.6 is 0 Å². The Morgan fingerprint density at radius 1 is 1.16 bits per heavy atom. The van der Waals surface area contributed by atoms with E-state index in [-0.39, 0.29) is 31.0 Å². The van der Waals surface area contributed by atoms with Crippen molar-refractivity contribution < 1.29 is 19.1 Å². The molecule has 1 N–H and O–H groups in total. The fourth-order valence-electron chi connectivity index (χ4n) is 4.65. The van der Waals surface area contributed by atoms with Gasteiger partial charge in [-0.15, -0.1) is 0 Å². The summed E-state index contributed by atoms with van der Waals surface area (Å²) in [5.41, 5.74) is 1.63. The molecule has 7 heteroatoms. The van der Waals surface area contributed by atoms with E-state index >= 15 is 0 Å². The van der Waals surface area contributed by atoms with Gasteiger partial charge in [-0.3, -0.25) is 14.5 Å². The van der Waals surface area contributed by atoms with Crippen LogP contribution < -0.4 is 10.2 Å². The average molecular weight is 424 g/mol. The van der Waals surface area contributed by atoms with Crippen molar-refractivity contribution in [2.75, 3.05) is 11.5 Å². The number of ether oxygens (including phenoxy) is 1. The molecule has 2 heterocycles. The number of rotatable bonds is 5. The molecule has 2 aromatic rings. The predicted molar refractivity (Wildman–Crippen MR) is 117 cm³/mol. The Labute approximate surface area is 182 Å². The number of benzene rings is 1. The number of hydrogen-bond acceptors (Lipinski definition) is 4. The number of esters is 1. The SMILES string of the molecule is CCOC(=O)c1cccc(N2C(=O)Cn3cccc3[C@@H]2C(=O)N[C@@H]2CCCC[C@H]2C)c1. The van der Waals surface area contributed by atoms with E-state index < -0.39 is 12.0 Å². The highest BCUT2D eigenvalue weighted by molar-refractivity contribution is 6.03. The second-order valence-corrected chi connectivity index (χ2v) is 8.37. The highest BCUT2D eigenvalue weighted by atomic mass is 16.5. The third kappa shape index (κ3) is 4.22. The number of nitrogens with one attached hydrogen (secondary N) is 1. The fourth-order valence-corrected chi connectivity index (χ4v) is 4.65. The zero-order chi connectivity index (χ0) is 22.0. The van der Waals surface area contributed by atoms with E-state index in [1.165, 1.54) is 11.3 Å². The normalized spacial score (nSPS) is 23.2. The van der Waals surface area contributed by atoms with Gasteiger partial charge in [0.25, 0.3) is 0 Å². The minimum atomic E-state index is -0.789. The molecule has 1 aromatic heterocycles. The first-order valence-corrected chi connectivity index (χ1v) is 11.0. The van der Waals surface area contributed by atoms with Crippen LogP contribution in [-0.4, -0.2) is 35.0 Å². The third-order valence-electron chi connectivity index (χ3n) is 6.30. The van der Waals surface area contributed by atoms with Crippen LogP contribution in [0.3, 0.4) is 0 Å². The van der Waals surface area contributed by atoms with Gasteiger partial charge in [-0.05, 0) is 56.0 Å². The van der Waals surface area contributed by atoms with Gasteiger partial charge in [0.05, 0.1) is 17.9 Å². The van der Waals surface area contributed by atoms with Crippen molar-refractivity contribution in [3.05, 3.63) is 53.9 Å². The second kappa shape index (κ2) is 8.96. The van der Waals surface area contributed by atoms with E-state index in [1.54, 1.807) is 31.2 Å². The Bertz CT molecular complexity index is 983. The molecule has 0 bridgehead atoms. The highest BCUT2D eigenvalue weighted by Crippen LogP contribution is 2.33. The first-order valence-electron chi connectivity index (χ1n) is 11.0. The van der Waals surface area contributed by atoms with Crippen LogP contribution in [0.5, 0.6) is 0 Å². The maximum absolute atomic E-state index is 13.5. The molecular weight excluding hydrogens is 394 g/mol. The average Bonchev–Trinajstić information content (AvgIpc) is 3.22. The van der Waals surface area contributed by atoms with Gasteiger partial charge in [0, 0.05) is 17.9 Å². The first kappa shape index (κ1) is 21.2. The third-order valence-corrected chi connectivity index (χ3v) is 6.30. The Morgan fingerprint density at radius 3 is 2.74 bits per heavy atom. The fraction of sp³-hybridized carbons (Fsp3) is 0.458. The van der Waals surface area contributed by atoms with E-state index in [9.17, 15) is 14.4 Å². The van der Waals surface area contributed by atoms with Gasteiger partial charge >= 0.3 is 5.97 Å². The minimum Gasteiger partial charge on any atom is -0.462 e. The molecule has 2 aliphatic rings. The van der Waals surface area contributed by atoms with Gasteiger partial charge in [-0.2, -0.15) is 0 Å². The lowest BCUT2D eigenvalue weighted by Crippen LogP contribution is -2.52. The lowest BCUT2D eigenvalue weighted by molar-refractivity contribution is -0.129. The molecule has 7 nitrogen and oxygen atoms in total. The molecular formula is C24H29N3O4. The summed E-state index contributed by atoms with van der Waals surface area (Å²) in [5, 5.41) is 3.21. The number of fused-ring (bicyclic) bond motifs is 1. The summed E-state index contributed by atoms with van der Waals surface area (Å²) in [6, 6.07) is 9.78. The number of carbonyl (C=O) groups is 3. The highest BCUT2D eigenvalue weighted by Gasteiger charge is 2.39. The number of anilines is 1. The maximum atomic E-state index is 13.5. The van der Waals surface area contributed by atoms with Crippen LogP contribution in [-0.2, 0) is 20.9 Å². The number of amides is 2. The van der Waals surface area contributed by atoms with Gasteiger partial charge in [0.15, 0.2) is 6.04 Å². The molecule has 4 rings (SSSR count). The van der Waals surface area contributed by atoms with Gasteiger partial charge in [-0.1, -0.05) is 25.8 Å². The standard InChI is InChI=1S/C24H29N3O4/c1-3-31-24(30)17-9-6-10-18(14-17)27-21(28)15-26-13-7-12-20(26)22(27)23(29)25-19-11-5-4-8-16(19)2/h6-7,9-10,12-14,16,19,22H,3-5,8,11,15H2,1-2H3,(H,25,29)/t16-,19-,22-/m1/s1. The molecule has 0 spiro atoms.